The fourth-order valence-electron chi connectivity index (χ4n) is 2.24. The lowest BCUT2D eigenvalue weighted by atomic mass is 10.0. The first-order chi connectivity index (χ1) is 9.66. The van der Waals surface area contributed by atoms with Crippen molar-refractivity contribution in [2.75, 3.05) is 11.9 Å². The maximum absolute atomic E-state index is 5.88. The molecule has 0 saturated carbocycles. The number of hydrogen-bond donors (Lipinski definition) is 2. The van der Waals surface area contributed by atoms with Crippen LogP contribution in [0.5, 0.6) is 0 Å². The van der Waals surface area contributed by atoms with E-state index in [1.54, 1.807) is 0 Å². The fraction of sp³-hybridized carbons (Fsp3) is 0.235. The van der Waals surface area contributed by atoms with Crippen LogP contribution in [0, 0.1) is 13.8 Å². The van der Waals surface area contributed by atoms with Gasteiger partial charge in [-0.1, -0.05) is 36.4 Å². The van der Waals surface area contributed by atoms with Crippen molar-refractivity contribution in [3.8, 4) is 0 Å². The average molecular weight is 395 g/mol. The zero-order chi connectivity index (χ0) is 14.4. The summed E-state index contributed by atoms with van der Waals surface area (Å²) in [5, 5.41) is 3.09. The van der Waals surface area contributed by atoms with Gasteiger partial charge in [0.05, 0.1) is 0 Å². The van der Waals surface area contributed by atoms with Crippen molar-refractivity contribution in [1.29, 1.82) is 0 Å². The Balaban J connectivity index is 0.00000220. The van der Waals surface area contributed by atoms with Gasteiger partial charge in [0.1, 0.15) is 0 Å². The smallest absolute Gasteiger partial charge is 0.193 e. The minimum Gasteiger partial charge on any atom is -0.370 e. The minimum absolute atomic E-state index is 0. The summed E-state index contributed by atoms with van der Waals surface area (Å²) in [5.74, 6) is 0.461. The van der Waals surface area contributed by atoms with E-state index in [4.69, 9.17) is 5.73 Å². The molecule has 0 unspecified atom stereocenters. The number of benzene rings is 2. The van der Waals surface area contributed by atoms with Crippen molar-refractivity contribution in [3.63, 3.8) is 0 Å². The molecule has 0 atom stereocenters. The van der Waals surface area contributed by atoms with Crippen molar-refractivity contribution in [2.45, 2.75) is 20.3 Å². The summed E-state index contributed by atoms with van der Waals surface area (Å²) in [6, 6.07) is 16.2. The van der Waals surface area contributed by atoms with Crippen molar-refractivity contribution in [2.24, 2.45) is 10.7 Å². The quantitative estimate of drug-likeness (QED) is 0.469. The Labute approximate surface area is 143 Å². The average Bonchev–Trinajstić information content (AvgIpc) is 2.43. The lowest BCUT2D eigenvalue weighted by molar-refractivity contribution is 0.943. The third-order valence-corrected chi connectivity index (χ3v) is 3.33. The second-order valence-electron chi connectivity index (χ2n) is 4.88. The minimum atomic E-state index is 0. The van der Waals surface area contributed by atoms with E-state index in [2.05, 4.69) is 42.4 Å². The predicted octanol–water partition coefficient (Wildman–Crippen LogP) is 3.89. The normalized spacial score (nSPS) is 10.9. The van der Waals surface area contributed by atoms with E-state index in [0.717, 1.165) is 12.1 Å². The van der Waals surface area contributed by atoms with Crippen LogP contribution in [-0.2, 0) is 6.42 Å². The molecule has 112 valence electrons. The van der Waals surface area contributed by atoms with Crippen molar-refractivity contribution in [3.05, 3.63) is 65.2 Å². The molecule has 0 amide bonds. The predicted molar refractivity (Wildman–Crippen MR) is 102 cm³/mol. The molecule has 0 radical (unpaired) electrons. The molecule has 3 nitrogen and oxygen atoms in total. The maximum atomic E-state index is 5.88. The van der Waals surface area contributed by atoms with Gasteiger partial charge in [0, 0.05) is 12.2 Å². The van der Waals surface area contributed by atoms with Crippen LogP contribution >= 0.6 is 24.0 Å². The number of rotatable bonds is 4. The fourth-order valence-corrected chi connectivity index (χ4v) is 2.24. The van der Waals surface area contributed by atoms with Crippen LogP contribution in [0.1, 0.15) is 16.7 Å². The van der Waals surface area contributed by atoms with Gasteiger partial charge in [-0.05, 0) is 49.1 Å². The number of anilines is 1. The highest BCUT2D eigenvalue weighted by Gasteiger charge is 2.01. The van der Waals surface area contributed by atoms with Crippen LogP contribution in [0.4, 0.5) is 5.69 Å². The molecule has 0 spiro atoms. The van der Waals surface area contributed by atoms with E-state index in [1.165, 1.54) is 16.7 Å². The Hall–Kier alpha value is -1.56. The first-order valence-corrected chi connectivity index (χ1v) is 6.84. The Morgan fingerprint density at radius 3 is 2.24 bits per heavy atom. The van der Waals surface area contributed by atoms with Crippen molar-refractivity contribution < 1.29 is 0 Å². The topological polar surface area (TPSA) is 50.4 Å². The highest BCUT2D eigenvalue weighted by molar-refractivity contribution is 14.0. The summed E-state index contributed by atoms with van der Waals surface area (Å²) < 4.78 is 0. The number of nitrogens with two attached hydrogens (primary N) is 1. The van der Waals surface area contributed by atoms with Gasteiger partial charge in [0.15, 0.2) is 5.96 Å². The zero-order valence-electron chi connectivity index (χ0n) is 12.5. The Morgan fingerprint density at radius 1 is 1.00 bits per heavy atom. The molecule has 2 rings (SSSR count). The lowest BCUT2D eigenvalue weighted by Gasteiger charge is -2.09. The van der Waals surface area contributed by atoms with Crippen molar-refractivity contribution >= 4 is 35.6 Å². The molecular formula is C17H22IN3. The van der Waals surface area contributed by atoms with Crippen LogP contribution in [-0.4, -0.2) is 12.5 Å². The van der Waals surface area contributed by atoms with Gasteiger partial charge >= 0.3 is 0 Å². The Kier molecular flexibility index (Phi) is 7.22. The van der Waals surface area contributed by atoms with Crippen molar-refractivity contribution in [1.82, 2.24) is 0 Å². The largest absolute Gasteiger partial charge is 0.370 e. The second-order valence-corrected chi connectivity index (χ2v) is 4.88. The van der Waals surface area contributed by atoms with Gasteiger partial charge in [0.25, 0.3) is 0 Å². The molecule has 0 aliphatic heterocycles. The molecule has 0 fully saturated rings. The molecule has 2 aromatic rings. The number of guanidine groups is 1. The molecule has 3 N–H and O–H groups in total. The molecule has 0 heterocycles. The van der Waals surface area contributed by atoms with Crippen LogP contribution in [0.2, 0.25) is 0 Å². The third-order valence-electron chi connectivity index (χ3n) is 3.33. The van der Waals surface area contributed by atoms with Gasteiger partial charge in [-0.25, -0.2) is 0 Å². The summed E-state index contributed by atoms with van der Waals surface area (Å²) in [4.78, 5) is 4.38. The molecule has 0 aliphatic carbocycles. The molecule has 0 bridgehead atoms. The third kappa shape index (κ3) is 5.38. The van der Waals surface area contributed by atoms with Gasteiger partial charge in [0.2, 0.25) is 0 Å². The summed E-state index contributed by atoms with van der Waals surface area (Å²) in [6.45, 7) is 4.96. The summed E-state index contributed by atoms with van der Waals surface area (Å²) in [7, 11) is 0. The van der Waals surface area contributed by atoms with Gasteiger partial charge in [-0.15, -0.1) is 24.0 Å². The Morgan fingerprint density at radius 2 is 1.62 bits per heavy atom. The second kappa shape index (κ2) is 8.67. The van der Waals surface area contributed by atoms with Crippen LogP contribution in [0.3, 0.4) is 0 Å². The number of para-hydroxylation sites is 1. The SMILES string of the molecule is Cc1cccc(C)c1CCN=C(N)Nc1ccccc1.I. The van der Waals surface area contributed by atoms with E-state index in [0.29, 0.717) is 12.5 Å². The van der Waals surface area contributed by atoms with E-state index in [9.17, 15) is 0 Å². The number of nitrogens with zero attached hydrogens (tertiary/aromatic N) is 1. The lowest BCUT2D eigenvalue weighted by Crippen LogP contribution is -2.23. The van der Waals surface area contributed by atoms with E-state index >= 15 is 0 Å². The number of halogens is 1. The first-order valence-electron chi connectivity index (χ1n) is 6.84. The van der Waals surface area contributed by atoms with Crippen LogP contribution < -0.4 is 11.1 Å². The van der Waals surface area contributed by atoms with E-state index in [1.807, 2.05) is 30.3 Å². The van der Waals surface area contributed by atoms with E-state index in [-0.39, 0.29) is 24.0 Å². The number of hydrogen-bond acceptors (Lipinski definition) is 1. The molecule has 2 aromatic carbocycles. The van der Waals surface area contributed by atoms with Crippen LogP contribution in [0.25, 0.3) is 0 Å². The molecular weight excluding hydrogens is 373 g/mol. The summed E-state index contributed by atoms with van der Waals surface area (Å²) in [5.41, 5.74) is 10.8. The summed E-state index contributed by atoms with van der Waals surface area (Å²) in [6.07, 6.45) is 0.912. The number of nitrogens with one attached hydrogen (secondary N) is 1. The number of aliphatic imine (C=N–C) groups is 1. The molecule has 0 aromatic heterocycles. The number of aryl methyl sites for hydroxylation is 2. The zero-order valence-corrected chi connectivity index (χ0v) is 14.8. The standard InChI is InChI=1S/C17H21N3.HI/c1-13-7-6-8-14(2)16(13)11-12-19-17(18)20-15-9-4-3-5-10-15;/h3-10H,11-12H2,1-2H3,(H3,18,19,20);1H. The van der Waals surface area contributed by atoms with E-state index < -0.39 is 0 Å². The maximum Gasteiger partial charge on any atom is 0.193 e. The molecule has 4 heteroatoms. The van der Waals surface area contributed by atoms with Gasteiger partial charge in [-0.2, -0.15) is 0 Å². The first kappa shape index (κ1) is 17.5. The highest BCUT2D eigenvalue weighted by Crippen LogP contribution is 2.13. The molecule has 0 aliphatic rings. The Bertz CT molecular complexity index is 574. The molecule has 21 heavy (non-hydrogen) atoms. The van der Waals surface area contributed by atoms with Gasteiger partial charge in [-0.3, -0.25) is 4.99 Å². The highest BCUT2D eigenvalue weighted by atomic mass is 127. The monoisotopic (exact) mass is 395 g/mol. The summed E-state index contributed by atoms with van der Waals surface area (Å²) >= 11 is 0. The van der Waals surface area contributed by atoms with Crippen LogP contribution in [0.15, 0.2) is 53.5 Å². The van der Waals surface area contributed by atoms with Gasteiger partial charge < -0.3 is 11.1 Å². The molecule has 0 saturated heterocycles.